The van der Waals surface area contributed by atoms with Gasteiger partial charge in [-0.2, -0.15) is 0 Å². The number of nitrogens with one attached hydrogen (secondary N) is 1. The fourth-order valence-electron chi connectivity index (χ4n) is 2.82. The van der Waals surface area contributed by atoms with Gasteiger partial charge in [-0.15, -0.1) is 11.8 Å². The molecule has 1 N–H and O–H groups in total. The monoisotopic (exact) mass is 320 g/mol. The van der Waals surface area contributed by atoms with Gasteiger partial charge in [0.15, 0.2) is 0 Å². The van der Waals surface area contributed by atoms with Crippen molar-refractivity contribution in [2.24, 2.45) is 5.92 Å². The van der Waals surface area contributed by atoms with Crippen LogP contribution in [-0.2, 0) is 10.5 Å². The molecule has 4 heteroatoms. The Morgan fingerprint density at radius 3 is 2.59 bits per heavy atom. The molecule has 0 unspecified atom stereocenters. The SMILES string of the molecule is CC(C)N1CCC(CNC(=O)CSCc2ccccc2)CC1. The van der Waals surface area contributed by atoms with Gasteiger partial charge in [-0.25, -0.2) is 0 Å². The van der Waals surface area contributed by atoms with Crippen molar-refractivity contribution in [3.63, 3.8) is 0 Å². The van der Waals surface area contributed by atoms with E-state index in [0.717, 1.165) is 12.3 Å². The van der Waals surface area contributed by atoms with Crippen molar-refractivity contribution in [1.82, 2.24) is 10.2 Å². The lowest BCUT2D eigenvalue weighted by atomic mass is 9.96. The minimum atomic E-state index is 0.173. The van der Waals surface area contributed by atoms with Crippen molar-refractivity contribution in [3.8, 4) is 0 Å². The Morgan fingerprint density at radius 1 is 1.27 bits per heavy atom. The highest BCUT2D eigenvalue weighted by molar-refractivity contribution is 7.99. The molecule has 0 bridgehead atoms. The van der Waals surface area contributed by atoms with Crippen LogP contribution in [0.4, 0.5) is 0 Å². The Labute approximate surface area is 138 Å². The summed E-state index contributed by atoms with van der Waals surface area (Å²) in [5, 5.41) is 3.10. The lowest BCUT2D eigenvalue weighted by Gasteiger charge is -2.34. The number of carbonyl (C=O) groups is 1. The van der Waals surface area contributed by atoms with E-state index in [1.165, 1.54) is 31.5 Å². The summed E-state index contributed by atoms with van der Waals surface area (Å²) < 4.78 is 0. The van der Waals surface area contributed by atoms with Gasteiger partial charge in [-0.3, -0.25) is 4.79 Å². The molecule has 0 aliphatic carbocycles. The van der Waals surface area contributed by atoms with Gasteiger partial charge in [0.25, 0.3) is 0 Å². The van der Waals surface area contributed by atoms with Crippen LogP contribution in [0, 0.1) is 5.92 Å². The van der Waals surface area contributed by atoms with Crippen LogP contribution in [0.3, 0.4) is 0 Å². The molecule has 1 amide bonds. The van der Waals surface area contributed by atoms with Crippen molar-refractivity contribution < 1.29 is 4.79 Å². The average molecular weight is 321 g/mol. The highest BCUT2D eigenvalue weighted by Gasteiger charge is 2.20. The van der Waals surface area contributed by atoms with Gasteiger partial charge in [-0.05, 0) is 51.3 Å². The Hall–Kier alpha value is -1.00. The van der Waals surface area contributed by atoms with E-state index in [0.29, 0.717) is 17.7 Å². The first-order valence-corrected chi connectivity index (χ1v) is 9.43. The number of carbonyl (C=O) groups excluding carboxylic acids is 1. The van der Waals surface area contributed by atoms with Crippen molar-refractivity contribution >= 4 is 17.7 Å². The van der Waals surface area contributed by atoms with Gasteiger partial charge >= 0.3 is 0 Å². The van der Waals surface area contributed by atoms with E-state index in [1.807, 2.05) is 18.2 Å². The fraction of sp³-hybridized carbons (Fsp3) is 0.611. The van der Waals surface area contributed by atoms with Crippen molar-refractivity contribution in [1.29, 1.82) is 0 Å². The minimum Gasteiger partial charge on any atom is -0.355 e. The van der Waals surface area contributed by atoms with Crippen molar-refractivity contribution in [3.05, 3.63) is 35.9 Å². The Kier molecular flexibility index (Phi) is 7.26. The molecule has 0 spiro atoms. The maximum absolute atomic E-state index is 11.9. The van der Waals surface area contributed by atoms with E-state index in [4.69, 9.17) is 0 Å². The zero-order chi connectivity index (χ0) is 15.8. The molecule has 1 aromatic rings. The largest absolute Gasteiger partial charge is 0.355 e. The van der Waals surface area contributed by atoms with Gasteiger partial charge < -0.3 is 10.2 Å². The van der Waals surface area contributed by atoms with Gasteiger partial charge in [0, 0.05) is 18.3 Å². The molecule has 22 heavy (non-hydrogen) atoms. The summed E-state index contributed by atoms with van der Waals surface area (Å²) in [5.74, 6) is 2.28. The van der Waals surface area contributed by atoms with Crippen LogP contribution in [0.15, 0.2) is 30.3 Å². The molecule has 122 valence electrons. The topological polar surface area (TPSA) is 32.3 Å². The third kappa shape index (κ3) is 6.01. The van der Waals surface area contributed by atoms with Crippen LogP contribution in [0.5, 0.6) is 0 Å². The minimum absolute atomic E-state index is 0.173. The quantitative estimate of drug-likeness (QED) is 0.837. The lowest BCUT2D eigenvalue weighted by molar-refractivity contribution is -0.118. The molecule has 1 aromatic carbocycles. The van der Waals surface area contributed by atoms with Crippen molar-refractivity contribution in [2.75, 3.05) is 25.4 Å². The van der Waals surface area contributed by atoms with E-state index in [2.05, 4.69) is 36.2 Å². The van der Waals surface area contributed by atoms with Crippen LogP contribution in [0.25, 0.3) is 0 Å². The van der Waals surface area contributed by atoms with E-state index in [-0.39, 0.29) is 5.91 Å². The second-order valence-corrected chi connectivity index (χ2v) is 7.34. The first kappa shape index (κ1) is 17.4. The maximum Gasteiger partial charge on any atom is 0.230 e. The van der Waals surface area contributed by atoms with Crippen LogP contribution in [0.1, 0.15) is 32.3 Å². The van der Waals surface area contributed by atoms with Crippen LogP contribution >= 0.6 is 11.8 Å². The second kappa shape index (κ2) is 9.21. The summed E-state index contributed by atoms with van der Waals surface area (Å²) in [5.41, 5.74) is 1.28. The molecule has 0 aromatic heterocycles. The number of thioether (sulfide) groups is 1. The molecule has 1 fully saturated rings. The smallest absolute Gasteiger partial charge is 0.230 e. The third-order valence-corrected chi connectivity index (χ3v) is 5.32. The highest BCUT2D eigenvalue weighted by atomic mass is 32.2. The van der Waals surface area contributed by atoms with E-state index in [1.54, 1.807) is 11.8 Å². The maximum atomic E-state index is 11.9. The molecule has 1 heterocycles. The average Bonchev–Trinajstić information content (AvgIpc) is 2.54. The number of benzene rings is 1. The summed E-state index contributed by atoms with van der Waals surface area (Å²) in [7, 11) is 0. The number of nitrogens with zero attached hydrogens (tertiary/aromatic N) is 1. The summed E-state index contributed by atoms with van der Waals surface area (Å²) in [4.78, 5) is 14.4. The van der Waals surface area contributed by atoms with Gasteiger partial charge in [0.1, 0.15) is 0 Å². The fourth-order valence-corrected chi connectivity index (χ4v) is 3.64. The molecule has 3 nitrogen and oxygen atoms in total. The summed E-state index contributed by atoms with van der Waals surface area (Å²) >= 11 is 1.69. The Morgan fingerprint density at radius 2 is 1.95 bits per heavy atom. The summed E-state index contributed by atoms with van der Waals surface area (Å²) in [6.45, 7) is 7.69. The van der Waals surface area contributed by atoms with E-state index < -0.39 is 0 Å². The number of hydrogen-bond acceptors (Lipinski definition) is 3. The number of amides is 1. The Balaban J connectivity index is 1.56. The lowest BCUT2D eigenvalue weighted by Crippen LogP contribution is -2.41. The number of rotatable bonds is 7. The van der Waals surface area contributed by atoms with Crippen LogP contribution in [0.2, 0.25) is 0 Å². The first-order valence-electron chi connectivity index (χ1n) is 8.27. The van der Waals surface area contributed by atoms with Gasteiger partial charge in [0.2, 0.25) is 5.91 Å². The predicted octanol–water partition coefficient (Wildman–Crippen LogP) is 3.16. The van der Waals surface area contributed by atoms with Gasteiger partial charge in [0.05, 0.1) is 5.75 Å². The molecule has 0 saturated carbocycles. The Bertz CT molecular complexity index is 442. The van der Waals surface area contributed by atoms with Crippen LogP contribution < -0.4 is 5.32 Å². The highest BCUT2D eigenvalue weighted by Crippen LogP contribution is 2.18. The zero-order valence-electron chi connectivity index (χ0n) is 13.8. The standard InChI is InChI=1S/C18H28N2OS/c1-15(2)20-10-8-16(9-11-20)12-19-18(21)14-22-13-17-6-4-3-5-7-17/h3-7,15-16H,8-14H2,1-2H3,(H,19,21). The number of hydrogen-bond donors (Lipinski definition) is 1. The molecule has 2 rings (SSSR count). The molecular formula is C18H28N2OS. The third-order valence-electron chi connectivity index (χ3n) is 4.31. The summed E-state index contributed by atoms with van der Waals surface area (Å²) in [6, 6.07) is 11.0. The van der Waals surface area contributed by atoms with Gasteiger partial charge in [-0.1, -0.05) is 30.3 Å². The molecule has 1 saturated heterocycles. The first-order chi connectivity index (χ1) is 10.6. The second-order valence-electron chi connectivity index (χ2n) is 6.36. The molecule has 1 aliphatic rings. The normalized spacial score (nSPS) is 16.9. The zero-order valence-corrected chi connectivity index (χ0v) is 14.6. The van der Waals surface area contributed by atoms with Crippen LogP contribution in [-0.4, -0.2) is 42.2 Å². The molecule has 1 aliphatic heterocycles. The number of piperidine rings is 1. The predicted molar refractivity (Wildman–Crippen MR) is 95.0 cm³/mol. The molecular weight excluding hydrogens is 292 g/mol. The number of likely N-dealkylation sites (tertiary alicyclic amines) is 1. The van der Waals surface area contributed by atoms with Crippen molar-refractivity contribution in [2.45, 2.75) is 38.5 Å². The molecule has 0 atom stereocenters. The van der Waals surface area contributed by atoms with E-state index >= 15 is 0 Å². The van der Waals surface area contributed by atoms with E-state index in [9.17, 15) is 4.79 Å². The molecule has 0 radical (unpaired) electrons. The summed E-state index contributed by atoms with van der Waals surface area (Å²) in [6.07, 6.45) is 2.41.